The van der Waals surface area contributed by atoms with Crippen LogP contribution < -0.4 is 11.5 Å². The quantitative estimate of drug-likeness (QED) is 0.492. The van der Waals surface area contributed by atoms with E-state index in [1.807, 2.05) is 0 Å². The highest BCUT2D eigenvalue weighted by Gasteiger charge is 2.29. The number of nitrogens with two attached hydrogens (primary N) is 2. The van der Waals surface area contributed by atoms with E-state index in [0.717, 1.165) is 0 Å². The van der Waals surface area contributed by atoms with Crippen molar-refractivity contribution < 1.29 is 14.3 Å². The molecule has 0 aliphatic carbocycles. The van der Waals surface area contributed by atoms with Crippen molar-refractivity contribution in [3.8, 4) is 0 Å². The summed E-state index contributed by atoms with van der Waals surface area (Å²) in [5.74, 6) is -0.589. The van der Waals surface area contributed by atoms with Gasteiger partial charge in [0.15, 0.2) is 0 Å². The van der Waals surface area contributed by atoms with Gasteiger partial charge in [0.1, 0.15) is 6.04 Å². The van der Waals surface area contributed by atoms with Crippen molar-refractivity contribution in [2.75, 3.05) is 19.8 Å². The molecule has 1 aliphatic heterocycles. The molecule has 0 aromatic carbocycles. The van der Waals surface area contributed by atoms with Crippen molar-refractivity contribution in [2.24, 2.45) is 11.5 Å². The first-order chi connectivity index (χ1) is 5.63. The van der Waals surface area contributed by atoms with E-state index in [1.54, 1.807) is 0 Å². The summed E-state index contributed by atoms with van der Waals surface area (Å²) in [5.41, 5.74) is 10.0. The fourth-order valence-electron chi connectivity index (χ4n) is 1.10. The lowest BCUT2D eigenvalue weighted by molar-refractivity contribution is -0.127. The van der Waals surface area contributed by atoms with Crippen LogP contribution >= 0.6 is 0 Å². The lowest BCUT2D eigenvalue weighted by atomic mass is 10.2. The van der Waals surface area contributed by atoms with Crippen LogP contribution in [0, 0.1) is 0 Å². The van der Waals surface area contributed by atoms with Crippen LogP contribution in [-0.2, 0) is 9.53 Å². The van der Waals surface area contributed by atoms with Crippen molar-refractivity contribution in [3.63, 3.8) is 0 Å². The molecule has 3 amide bonds. The van der Waals surface area contributed by atoms with Crippen molar-refractivity contribution in [2.45, 2.75) is 6.04 Å². The Balaban J connectivity index is 2.67. The third-order valence-electron chi connectivity index (χ3n) is 1.74. The predicted molar refractivity (Wildman–Crippen MR) is 40.1 cm³/mol. The third-order valence-corrected chi connectivity index (χ3v) is 1.74. The van der Waals surface area contributed by atoms with Gasteiger partial charge in [-0.25, -0.2) is 4.79 Å². The number of rotatable bonds is 1. The Hall–Kier alpha value is -1.30. The zero-order valence-electron chi connectivity index (χ0n) is 6.53. The van der Waals surface area contributed by atoms with Gasteiger partial charge in [0, 0.05) is 6.54 Å². The topological polar surface area (TPSA) is 98.7 Å². The number of carbonyl (C=O) groups is 2. The summed E-state index contributed by atoms with van der Waals surface area (Å²) in [6, 6.07) is -1.35. The van der Waals surface area contributed by atoms with E-state index in [0.29, 0.717) is 13.2 Å². The van der Waals surface area contributed by atoms with Gasteiger partial charge in [-0.1, -0.05) is 0 Å². The van der Waals surface area contributed by atoms with Crippen molar-refractivity contribution >= 4 is 11.9 Å². The second-order valence-electron chi connectivity index (χ2n) is 2.52. The molecule has 1 atom stereocenters. The van der Waals surface area contributed by atoms with Crippen LogP contribution in [0.3, 0.4) is 0 Å². The molecule has 1 fully saturated rings. The van der Waals surface area contributed by atoms with E-state index in [1.165, 1.54) is 4.90 Å². The molecule has 0 spiro atoms. The van der Waals surface area contributed by atoms with Gasteiger partial charge < -0.3 is 21.1 Å². The van der Waals surface area contributed by atoms with Gasteiger partial charge >= 0.3 is 6.03 Å². The highest BCUT2D eigenvalue weighted by atomic mass is 16.5. The van der Waals surface area contributed by atoms with Crippen LogP contribution in [0.25, 0.3) is 0 Å². The molecule has 1 heterocycles. The number of carbonyl (C=O) groups excluding carboxylic acids is 2. The van der Waals surface area contributed by atoms with Crippen LogP contribution in [0.5, 0.6) is 0 Å². The van der Waals surface area contributed by atoms with Gasteiger partial charge in [0.05, 0.1) is 13.2 Å². The van der Waals surface area contributed by atoms with E-state index in [4.69, 9.17) is 16.2 Å². The average Bonchev–Trinajstić information content (AvgIpc) is 2.04. The molecule has 0 radical (unpaired) electrons. The lowest BCUT2D eigenvalue weighted by Crippen LogP contribution is -2.56. The molecule has 68 valence electrons. The zero-order valence-corrected chi connectivity index (χ0v) is 6.53. The minimum Gasteiger partial charge on any atom is -0.377 e. The Labute approximate surface area is 69.4 Å². The molecule has 6 nitrogen and oxygen atoms in total. The molecular weight excluding hydrogens is 162 g/mol. The van der Waals surface area contributed by atoms with E-state index in [9.17, 15) is 9.59 Å². The number of hydrogen-bond acceptors (Lipinski definition) is 3. The number of hydrogen-bond donors (Lipinski definition) is 2. The zero-order chi connectivity index (χ0) is 9.14. The molecule has 1 unspecified atom stereocenters. The number of amides is 3. The molecule has 0 bridgehead atoms. The minimum absolute atomic E-state index is 0.137. The number of urea groups is 1. The molecular formula is C6H11N3O3. The van der Waals surface area contributed by atoms with Crippen LogP contribution in [0.15, 0.2) is 0 Å². The summed E-state index contributed by atoms with van der Waals surface area (Å²) < 4.78 is 4.97. The molecule has 6 heteroatoms. The molecule has 4 N–H and O–H groups in total. The largest absolute Gasteiger partial charge is 0.377 e. The maximum absolute atomic E-state index is 10.8. The first kappa shape index (κ1) is 8.79. The fourth-order valence-corrected chi connectivity index (χ4v) is 1.10. The maximum atomic E-state index is 10.8. The number of nitrogens with zero attached hydrogens (tertiary/aromatic N) is 1. The summed E-state index contributed by atoms with van der Waals surface area (Å²) in [5, 5.41) is 0. The highest BCUT2D eigenvalue weighted by molar-refractivity contribution is 5.85. The lowest BCUT2D eigenvalue weighted by Gasteiger charge is -2.31. The normalized spacial score (nSPS) is 23.7. The van der Waals surface area contributed by atoms with Gasteiger partial charge in [-0.3, -0.25) is 4.79 Å². The SMILES string of the molecule is NC(=O)C1COCCN1C(N)=O. The van der Waals surface area contributed by atoms with Crippen LogP contribution in [0.2, 0.25) is 0 Å². The van der Waals surface area contributed by atoms with Crippen LogP contribution in [-0.4, -0.2) is 42.6 Å². The molecule has 1 rings (SSSR count). The van der Waals surface area contributed by atoms with Gasteiger partial charge in [0.2, 0.25) is 5.91 Å². The Morgan fingerprint density at radius 1 is 1.42 bits per heavy atom. The first-order valence-corrected chi connectivity index (χ1v) is 3.56. The molecule has 1 saturated heterocycles. The summed E-state index contributed by atoms with van der Waals surface area (Å²) in [6.07, 6.45) is 0. The fraction of sp³-hybridized carbons (Fsp3) is 0.667. The Morgan fingerprint density at radius 2 is 2.08 bits per heavy atom. The Bertz CT molecular complexity index is 184. The minimum atomic E-state index is -0.712. The molecule has 0 saturated carbocycles. The van der Waals surface area contributed by atoms with Crippen LogP contribution in [0.1, 0.15) is 0 Å². The van der Waals surface area contributed by atoms with E-state index >= 15 is 0 Å². The van der Waals surface area contributed by atoms with E-state index in [-0.39, 0.29) is 6.61 Å². The molecule has 1 aliphatic rings. The van der Waals surface area contributed by atoms with Gasteiger partial charge in [-0.2, -0.15) is 0 Å². The summed E-state index contributed by atoms with van der Waals surface area (Å²) in [4.78, 5) is 22.7. The highest BCUT2D eigenvalue weighted by Crippen LogP contribution is 2.05. The maximum Gasteiger partial charge on any atom is 0.315 e. The van der Waals surface area contributed by atoms with E-state index < -0.39 is 18.0 Å². The summed E-state index contributed by atoms with van der Waals surface area (Å²) >= 11 is 0. The average molecular weight is 173 g/mol. The van der Waals surface area contributed by atoms with Crippen molar-refractivity contribution in [3.05, 3.63) is 0 Å². The number of ether oxygens (including phenoxy) is 1. The van der Waals surface area contributed by atoms with Gasteiger partial charge in [-0.15, -0.1) is 0 Å². The van der Waals surface area contributed by atoms with E-state index in [2.05, 4.69) is 0 Å². The summed E-state index contributed by atoms with van der Waals surface area (Å²) in [6.45, 7) is 0.855. The molecule has 12 heavy (non-hydrogen) atoms. The number of morpholine rings is 1. The number of primary amides is 2. The van der Waals surface area contributed by atoms with Crippen molar-refractivity contribution in [1.82, 2.24) is 4.90 Å². The first-order valence-electron chi connectivity index (χ1n) is 3.56. The predicted octanol–water partition coefficient (Wildman–Crippen LogP) is -1.75. The van der Waals surface area contributed by atoms with Gasteiger partial charge in [-0.05, 0) is 0 Å². The monoisotopic (exact) mass is 173 g/mol. The Kier molecular flexibility index (Phi) is 2.49. The van der Waals surface area contributed by atoms with Crippen molar-refractivity contribution in [1.29, 1.82) is 0 Å². The summed E-state index contributed by atoms with van der Waals surface area (Å²) in [7, 11) is 0. The van der Waals surface area contributed by atoms with Gasteiger partial charge in [0.25, 0.3) is 0 Å². The Morgan fingerprint density at radius 3 is 2.50 bits per heavy atom. The third kappa shape index (κ3) is 1.65. The molecule has 0 aromatic rings. The molecule has 0 aromatic heterocycles. The second-order valence-corrected chi connectivity index (χ2v) is 2.52. The smallest absolute Gasteiger partial charge is 0.315 e. The standard InChI is InChI=1S/C6H11N3O3/c7-5(10)4-3-12-2-1-9(4)6(8)11/h4H,1-3H2,(H2,7,10)(H2,8,11). The van der Waals surface area contributed by atoms with Crippen LogP contribution in [0.4, 0.5) is 4.79 Å². The second kappa shape index (κ2) is 3.40.